The third-order valence-corrected chi connectivity index (χ3v) is 2.62. The summed E-state index contributed by atoms with van der Waals surface area (Å²) in [5, 5.41) is 4.00. The van der Waals surface area contributed by atoms with Crippen LogP contribution in [0.25, 0.3) is 10.8 Å². The third kappa shape index (κ3) is 2.94. The Hall–Kier alpha value is -2.42. The highest BCUT2D eigenvalue weighted by molar-refractivity contribution is 6.25. The van der Waals surface area contributed by atoms with Crippen molar-refractivity contribution in [2.75, 3.05) is 0 Å². The number of allylic oxidation sites excluding steroid dienone is 1. The zero-order chi connectivity index (χ0) is 15.1. The van der Waals surface area contributed by atoms with Gasteiger partial charge in [0.05, 0.1) is 0 Å². The minimum Gasteiger partial charge on any atom is -0.288 e. The Balaban J connectivity index is 0.000000357. The fraction of sp³-hybridized carbons (Fsp3) is 0.176. The molecule has 1 N–H and O–H groups in total. The van der Waals surface area contributed by atoms with Crippen molar-refractivity contribution in [1.29, 1.82) is 0 Å². The minimum atomic E-state index is -0.315. The Labute approximate surface area is 119 Å². The van der Waals surface area contributed by atoms with Crippen LogP contribution in [0.5, 0.6) is 0 Å². The molecule has 0 bridgehead atoms. The van der Waals surface area contributed by atoms with E-state index in [-0.39, 0.29) is 11.8 Å². The van der Waals surface area contributed by atoms with E-state index in [2.05, 4.69) is 11.9 Å². The van der Waals surface area contributed by atoms with Crippen LogP contribution in [0.1, 0.15) is 41.5 Å². The molecule has 0 aromatic heterocycles. The quantitative estimate of drug-likeness (QED) is 0.581. The van der Waals surface area contributed by atoms with Crippen molar-refractivity contribution < 1.29 is 9.59 Å². The number of benzene rings is 2. The molecule has 0 aliphatic carbocycles. The number of rotatable bonds is 0. The number of nitrogens with one attached hydrogen (secondary N) is 1. The molecule has 3 heteroatoms. The molecule has 0 spiro atoms. The van der Waals surface area contributed by atoms with Gasteiger partial charge in [0.2, 0.25) is 0 Å². The van der Waals surface area contributed by atoms with Crippen LogP contribution in [0.4, 0.5) is 0 Å². The normalized spacial score (nSPS) is 11.6. The van der Waals surface area contributed by atoms with Crippen molar-refractivity contribution in [3.63, 3.8) is 0 Å². The van der Waals surface area contributed by atoms with E-state index in [1.807, 2.05) is 45.0 Å². The maximum atomic E-state index is 11.6. The van der Waals surface area contributed by atoms with E-state index >= 15 is 0 Å². The second-order valence-corrected chi connectivity index (χ2v) is 3.90. The second-order valence-electron chi connectivity index (χ2n) is 3.90. The SMILES string of the molecule is C=CC.CC.O=C1NC(=O)c2cccc3cccc1c23. The van der Waals surface area contributed by atoms with Crippen LogP contribution in [-0.2, 0) is 0 Å². The highest BCUT2D eigenvalue weighted by Gasteiger charge is 2.23. The molecule has 0 saturated carbocycles. The van der Waals surface area contributed by atoms with E-state index in [0.717, 1.165) is 10.8 Å². The zero-order valence-electron chi connectivity index (χ0n) is 12.1. The average molecular weight is 269 g/mol. The topological polar surface area (TPSA) is 46.2 Å². The summed E-state index contributed by atoms with van der Waals surface area (Å²) in [6.07, 6.45) is 1.75. The number of amides is 2. The zero-order valence-corrected chi connectivity index (χ0v) is 12.1. The van der Waals surface area contributed by atoms with Crippen LogP contribution in [-0.4, -0.2) is 11.8 Å². The molecule has 1 aliphatic heterocycles. The van der Waals surface area contributed by atoms with Crippen molar-refractivity contribution in [3.05, 3.63) is 60.2 Å². The highest BCUT2D eigenvalue weighted by atomic mass is 16.2. The van der Waals surface area contributed by atoms with Crippen LogP contribution in [0.15, 0.2) is 49.1 Å². The standard InChI is InChI=1S/C12H7NO2.C3H6.C2H6/c14-11-8-5-1-3-7-4-2-6-9(10(7)8)12(15)13-11;1-3-2;1-2/h1-6H,(H,13,14,15);3H,1H2,2H3;1-2H3. The fourth-order valence-electron chi connectivity index (χ4n) is 1.96. The molecule has 1 aliphatic rings. The maximum absolute atomic E-state index is 11.6. The summed E-state index contributed by atoms with van der Waals surface area (Å²) in [6, 6.07) is 10.9. The third-order valence-electron chi connectivity index (χ3n) is 2.62. The molecule has 1 heterocycles. The summed E-state index contributed by atoms with van der Waals surface area (Å²) in [5.74, 6) is -0.631. The molecule has 0 atom stereocenters. The van der Waals surface area contributed by atoms with E-state index in [9.17, 15) is 9.59 Å². The van der Waals surface area contributed by atoms with Gasteiger partial charge in [0.25, 0.3) is 11.8 Å². The lowest BCUT2D eigenvalue weighted by atomic mass is 9.95. The average Bonchev–Trinajstić information content (AvgIpc) is 2.47. The number of carbonyl (C=O) groups excluding carboxylic acids is 2. The highest BCUT2D eigenvalue weighted by Crippen LogP contribution is 2.25. The molecule has 3 nitrogen and oxygen atoms in total. The molecule has 3 rings (SSSR count). The van der Waals surface area contributed by atoms with E-state index in [4.69, 9.17) is 0 Å². The van der Waals surface area contributed by atoms with Gasteiger partial charge in [-0.25, -0.2) is 0 Å². The van der Waals surface area contributed by atoms with Crippen LogP contribution in [0.3, 0.4) is 0 Å². The van der Waals surface area contributed by atoms with Crippen molar-refractivity contribution in [3.8, 4) is 0 Å². The molecule has 0 unspecified atom stereocenters. The molecular formula is C17H19NO2. The Morgan fingerprint density at radius 2 is 1.35 bits per heavy atom. The molecule has 0 radical (unpaired) electrons. The van der Waals surface area contributed by atoms with Crippen molar-refractivity contribution in [2.24, 2.45) is 0 Å². The van der Waals surface area contributed by atoms with Gasteiger partial charge in [0.15, 0.2) is 0 Å². The van der Waals surface area contributed by atoms with Crippen LogP contribution in [0.2, 0.25) is 0 Å². The monoisotopic (exact) mass is 269 g/mol. The Kier molecular flexibility index (Phi) is 5.66. The molecule has 2 aromatic rings. The van der Waals surface area contributed by atoms with E-state index in [1.54, 1.807) is 18.2 Å². The molecule has 2 aromatic carbocycles. The predicted octanol–water partition coefficient (Wildman–Crippen LogP) is 3.94. The lowest BCUT2D eigenvalue weighted by molar-refractivity contribution is 0.0845. The van der Waals surface area contributed by atoms with Crippen LogP contribution >= 0.6 is 0 Å². The van der Waals surface area contributed by atoms with Crippen molar-refractivity contribution >= 4 is 22.6 Å². The van der Waals surface area contributed by atoms with Gasteiger partial charge in [-0.2, -0.15) is 0 Å². The van der Waals surface area contributed by atoms with Crippen LogP contribution in [0, 0.1) is 0 Å². The van der Waals surface area contributed by atoms with Gasteiger partial charge in [-0.3, -0.25) is 14.9 Å². The van der Waals surface area contributed by atoms with Gasteiger partial charge < -0.3 is 0 Å². The largest absolute Gasteiger partial charge is 0.288 e. The summed E-state index contributed by atoms with van der Waals surface area (Å²) >= 11 is 0. The summed E-state index contributed by atoms with van der Waals surface area (Å²) in [5.41, 5.74) is 1.14. The Bertz CT molecular complexity index is 596. The van der Waals surface area contributed by atoms with Gasteiger partial charge in [-0.1, -0.05) is 44.2 Å². The number of imide groups is 1. The first-order chi connectivity index (χ1) is 9.69. The van der Waals surface area contributed by atoms with Gasteiger partial charge in [0.1, 0.15) is 0 Å². The molecule has 0 saturated heterocycles. The Morgan fingerprint density at radius 1 is 0.950 bits per heavy atom. The molecule has 20 heavy (non-hydrogen) atoms. The van der Waals surface area contributed by atoms with Gasteiger partial charge >= 0.3 is 0 Å². The molecule has 104 valence electrons. The van der Waals surface area contributed by atoms with Gasteiger partial charge in [0, 0.05) is 16.5 Å². The van der Waals surface area contributed by atoms with E-state index < -0.39 is 0 Å². The smallest absolute Gasteiger partial charge is 0.258 e. The van der Waals surface area contributed by atoms with Gasteiger partial charge in [-0.15, -0.1) is 6.58 Å². The lowest BCUT2D eigenvalue weighted by Gasteiger charge is -2.15. The fourth-order valence-corrected chi connectivity index (χ4v) is 1.96. The first kappa shape index (κ1) is 15.6. The van der Waals surface area contributed by atoms with Crippen molar-refractivity contribution in [2.45, 2.75) is 20.8 Å². The summed E-state index contributed by atoms with van der Waals surface area (Å²) in [4.78, 5) is 23.1. The van der Waals surface area contributed by atoms with E-state index in [1.165, 1.54) is 0 Å². The second kappa shape index (κ2) is 7.24. The minimum absolute atomic E-state index is 0.315. The van der Waals surface area contributed by atoms with Crippen LogP contribution < -0.4 is 5.32 Å². The lowest BCUT2D eigenvalue weighted by Crippen LogP contribution is -2.34. The first-order valence-electron chi connectivity index (χ1n) is 6.63. The van der Waals surface area contributed by atoms with E-state index in [0.29, 0.717) is 11.1 Å². The first-order valence-corrected chi connectivity index (χ1v) is 6.63. The summed E-state index contributed by atoms with van der Waals surface area (Å²) in [6.45, 7) is 9.25. The molecular weight excluding hydrogens is 250 g/mol. The summed E-state index contributed by atoms with van der Waals surface area (Å²) < 4.78 is 0. The number of hydrogen-bond donors (Lipinski definition) is 1. The Morgan fingerprint density at radius 3 is 1.75 bits per heavy atom. The summed E-state index contributed by atoms with van der Waals surface area (Å²) in [7, 11) is 0. The molecule has 2 amide bonds. The van der Waals surface area contributed by atoms with Gasteiger partial charge in [-0.05, 0) is 24.4 Å². The number of carbonyl (C=O) groups is 2. The molecule has 0 fully saturated rings. The predicted molar refractivity (Wildman–Crippen MR) is 83.0 cm³/mol. The number of hydrogen-bond acceptors (Lipinski definition) is 2. The maximum Gasteiger partial charge on any atom is 0.258 e. The van der Waals surface area contributed by atoms with Crippen molar-refractivity contribution in [1.82, 2.24) is 5.32 Å².